The fourth-order valence-electron chi connectivity index (χ4n) is 1.56. The minimum atomic E-state index is -0.159. The normalized spacial score (nSPS) is 10.0. The molecule has 86 valence electrons. The summed E-state index contributed by atoms with van der Waals surface area (Å²) in [4.78, 5) is 19.9. The average Bonchev–Trinajstić information content (AvgIpc) is 2.39. The van der Waals surface area contributed by atoms with Crippen LogP contribution in [-0.4, -0.2) is 22.9 Å². The Balaban J connectivity index is 2.47. The quantitative estimate of drug-likeness (QED) is 0.754. The zero-order valence-corrected chi connectivity index (χ0v) is 9.68. The highest BCUT2D eigenvalue weighted by atomic mass is 16.5. The molecule has 0 aliphatic carbocycles. The largest absolute Gasteiger partial charge is 0.496 e. The Morgan fingerprint density at radius 1 is 1.29 bits per heavy atom. The molecule has 0 fully saturated rings. The van der Waals surface area contributed by atoms with E-state index in [1.54, 1.807) is 31.5 Å². The van der Waals surface area contributed by atoms with E-state index in [1.165, 1.54) is 6.33 Å². The van der Waals surface area contributed by atoms with E-state index in [4.69, 9.17) is 4.74 Å². The van der Waals surface area contributed by atoms with Crippen molar-refractivity contribution in [3.63, 3.8) is 0 Å². The van der Waals surface area contributed by atoms with E-state index < -0.39 is 0 Å². The molecule has 0 bridgehead atoms. The number of carbonyl (C=O) groups excluding carboxylic acids is 1. The summed E-state index contributed by atoms with van der Waals surface area (Å²) in [5.74, 6) is 0.396. The first-order valence-corrected chi connectivity index (χ1v) is 5.17. The number of nitrogens with zero attached hydrogens (tertiary/aromatic N) is 2. The van der Waals surface area contributed by atoms with Crippen LogP contribution in [0, 0.1) is 6.92 Å². The molecule has 4 heteroatoms. The zero-order chi connectivity index (χ0) is 12.3. The maximum absolute atomic E-state index is 12.2. The van der Waals surface area contributed by atoms with E-state index >= 15 is 0 Å². The minimum Gasteiger partial charge on any atom is -0.496 e. The van der Waals surface area contributed by atoms with Gasteiger partial charge in [-0.25, -0.2) is 9.97 Å². The molecule has 1 aromatic heterocycles. The number of benzene rings is 1. The van der Waals surface area contributed by atoms with Crippen molar-refractivity contribution in [1.82, 2.24) is 9.97 Å². The average molecular weight is 228 g/mol. The van der Waals surface area contributed by atoms with Gasteiger partial charge in [0.15, 0.2) is 0 Å². The maximum atomic E-state index is 12.2. The molecule has 4 nitrogen and oxygen atoms in total. The standard InChI is InChI=1S/C13H12N2O2/c1-9-3-4-12(17-2)10(7-9)13(16)11-5-6-14-8-15-11/h3-8H,1-2H3. The van der Waals surface area contributed by atoms with Crippen molar-refractivity contribution in [2.75, 3.05) is 7.11 Å². The molecule has 0 saturated heterocycles. The molecule has 0 atom stereocenters. The lowest BCUT2D eigenvalue weighted by Gasteiger charge is -2.07. The third-order valence-corrected chi connectivity index (χ3v) is 2.41. The van der Waals surface area contributed by atoms with Crippen LogP contribution in [0.25, 0.3) is 0 Å². The van der Waals surface area contributed by atoms with E-state index in [0.29, 0.717) is 17.0 Å². The number of aromatic nitrogens is 2. The number of ketones is 1. The molecule has 0 unspecified atom stereocenters. The lowest BCUT2D eigenvalue weighted by molar-refractivity contribution is 0.103. The van der Waals surface area contributed by atoms with Gasteiger partial charge in [0.05, 0.1) is 12.7 Å². The predicted octanol–water partition coefficient (Wildman–Crippen LogP) is 2.02. The molecule has 0 spiro atoms. The van der Waals surface area contributed by atoms with Crippen LogP contribution in [0.4, 0.5) is 0 Å². The fraction of sp³-hybridized carbons (Fsp3) is 0.154. The Morgan fingerprint density at radius 3 is 2.76 bits per heavy atom. The van der Waals surface area contributed by atoms with Crippen LogP contribution in [0.1, 0.15) is 21.6 Å². The Bertz CT molecular complexity index is 538. The summed E-state index contributed by atoms with van der Waals surface area (Å²) < 4.78 is 5.18. The molecule has 0 amide bonds. The smallest absolute Gasteiger partial charge is 0.215 e. The molecule has 0 radical (unpaired) electrons. The molecule has 0 N–H and O–H groups in total. The summed E-state index contributed by atoms with van der Waals surface area (Å²) >= 11 is 0. The van der Waals surface area contributed by atoms with Gasteiger partial charge in [0, 0.05) is 6.20 Å². The fourth-order valence-corrected chi connectivity index (χ4v) is 1.56. The Hall–Kier alpha value is -2.23. The number of methoxy groups -OCH3 is 1. The van der Waals surface area contributed by atoms with Crippen LogP contribution in [0.15, 0.2) is 36.8 Å². The van der Waals surface area contributed by atoms with Crippen LogP contribution in [0.5, 0.6) is 5.75 Å². The minimum absolute atomic E-state index is 0.159. The first-order chi connectivity index (χ1) is 8.22. The first kappa shape index (κ1) is 11.3. The number of hydrogen-bond acceptors (Lipinski definition) is 4. The van der Waals surface area contributed by atoms with Gasteiger partial charge in [-0.3, -0.25) is 4.79 Å². The molecule has 2 rings (SSSR count). The summed E-state index contributed by atoms with van der Waals surface area (Å²) in [5.41, 5.74) is 1.89. The van der Waals surface area contributed by atoms with Crippen molar-refractivity contribution in [3.05, 3.63) is 53.6 Å². The van der Waals surface area contributed by atoms with Gasteiger partial charge < -0.3 is 4.74 Å². The van der Waals surface area contributed by atoms with Gasteiger partial charge in [0.1, 0.15) is 17.8 Å². The lowest BCUT2D eigenvalue weighted by atomic mass is 10.0. The maximum Gasteiger partial charge on any atom is 0.215 e. The predicted molar refractivity (Wildman–Crippen MR) is 63.2 cm³/mol. The van der Waals surface area contributed by atoms with E-state index in [0.717, 1.165) is 5.56 Å². The highest BCUT2D eigenvalue weighted by Crippen LogP contribution is 2.21. The number of carbonyl (C=O) groups is 1. The van der Waals surface area contributed by atoms with Gasteiger partial charge >= 0.3 is 0 Å². The van der Waals surface area contributed by atoms with Crippen molar-refractivity contribution >= 4 is 5.78 Å². The second-order valence-corrected chi connectivity index (χ2v) is 3.63. The SMILES string of the molecule is COc1ccc(C)cc1C(=O)c1ccncn1. The first-order valence-electron chi connectivity index (χ1n) is 5.17. The topological polar surface area (TPSA) is 52.1 Å². The molecule has 1 heterocycles. The number of aryl methyl sites for hydroxylation is 1. The van der Waals surface area contributed by atoms with Crippen molar-refractivity contribution in [2.24, 2.45) is 0 Å². The number of hydrogen-bond donors (Lipinski definition) is 0. The number of rotatable bonds is 3. The third kappa shape index (κ3) is 2.30. The Labute approximate surface area is 99.3 Å². The molecule has 2 aromatic rings. The van der Waals surface area contributed by atoms with Crippen LogP contribution in [0.3, 0.4) is 0 Å². The zero-order valence-electron chi connectivity index (χ0n) is 9.68. The lowest BCUT2D eigenvalue weighted by Crippen LogP contribution is -2.06. The van der Waals surface area contributed by atoms with Crippen LogP contribution >= 0.6 is 0 Å². The number of ether oxygens (including phenoxy) is 1. The van der Waals surface area contributed by atoms with Gasteiger partial charge in [-0.2, -0.15) is 0 Å². The van der Waals surface area contributed by atoms with E-state index in [2.05, 4.69) is 9.97 Å². The van der Waals surface area contributed by atoms with Gasteiger partial charge in [-0.15, -0.1) is 0 Å². The summed E-state index contributed by atoms with van der Waals surface area (Å²) in [6.07, 6.45) is 2.90. The molecule has 0 aliphatic heterocycles. The molecular weight excluding hydrogens is 216 g/mol. The molecule has 17 heavy (non-hydrogen) atoms. The highest BCUT2D eigenvalue weighted by Gasteiger charge is 2.15. The van der Waals surface area contributed by atoms with Gasteiger partial charge in [0.2, 0.25) is 5.78 Å². The van der Waals surface area contributed by atoms with Crippen LogP contribution in [-0.2, 0) is 0 Å². The Morgan fingerprint density at radius 2 is 2.12 bits per heavy atom. The third-order valence-electron chi connectivity index (χ3n) is 2.41. The van der Waals surface area contributed by atoms with E-state index in [9.17, 15) is 4.79 Å². The molecular formula is C13H12N2O2. The van der Waals surface area contributed by atoms with Crippen molar-refractivity contribution in [2.45, 2.75) is 6.92 Å². The van der Waals surface area contributed by atoms with Crippen LogP contribution in [0.2, 0.25) is 0 Å². The summed E-state index contributed by atoms with van der Waals surface area (Å²) in [6, 6.07) is 7.06. The van der Waals surface area contributed by atoms with Crippen LogP contribution < -0.4 is 4.74 Å². The van der Waals surface area contributed by atoms with Crippen molar-refractivity contribution < 1.29 is 9.53 Å². The Kier molecular flexibility index (Phi) is 3.14. The summed E-state index contributed by atoms with van der Waals surface area (Å²) in [6.45, 7) is 1.93. The highest BCUT2D eigenvalue weighted by molar-refractivity contribution is 6.09. The van der Waals surface area contributed by atoms with E-state index in [-0.39, 0.29) is 5.78 Å². The van der Waals surface area contributed by atoms with Gasteiger partial charge in [-0.1, -0.05) is 11.6 Å². The summed E-state index contributed by atoms with van der Waals surface area (Å²) in [5, 5.41) is 0. The van der Waals surface area contributed by atoms with Crippen molar-refractivity contribution in [1.29, 1.82) is 0 Å². The second kappa shape index (κ2) is 4.74. The molecule has 0 saturated carbocycles. The molecule has 0 aliphatic rings. The van der Waals surface area contributed by atoms with Gasteiger partial charge in [0.25, 0.3) is 0 Å². The summed E-state index contributed by atoms with van der Waals surface area (Å²) in [7, 11) is 1.54. The van der Waals surface area contributed by atoms with Gasteiger partial charge in [-0.05, 0) is 25.1 Å². The second-order valence-electron chi connectivity index (χ2n) is 3.63. The van der Waals surface area contributed by atoms with E-state index in [1.807, 2.05) is 13.0 Å². The molecule has 1 aromatic carbocycles. The monoisotopic (exact) mass is 228 g/mol. The van der Waals surface area contributed by atoms with Crippen molar-refractivity contribution in [3.8, 4) is 5.75 Å².